The second-order valence-corrected chi connectivity index (χ2v) is 9.67. The van der Waals surface area contributed by atoms with Crippen LogP contribution >= 0.6 is 12.4 Å². The van der Waals surface area contributed by atoms with Crippen molar-refractivity contribution < 1.29 is 18.0 Å². The van der Waals surface area contributed by atoms with Crippen molar-refractivity contribution in [3.8, 4) is 0 Å². The third-order valence-corrected chi connectivity index (χ3v) is 6.49. The van der Waals surface area contributed by atoms with Gasteiger partial charge in [0.2, 0.25) is 5.91 Å². The number of likely N-dealkylation sites (tertiary alicyclic amines) is 1. The lowest BCUT2D eigenvalue weighted by molar-refractivity contribution is -0.125. The highest BCUT2D eigenvalue weighted by atomic mass is 35.5. The molecule has 9 heteroatoms. The van der Waals surface area contributed by atoms with Gasteiger partial charge in [0.1, 0.15) is 5.75 Å². The molecular formula is C18H28ClN3O4S. The van der Waals surface area contributed by atoms with Crippen LogP contribution in [0.15, 0.2) is 29.2 Å². The van der Waals surface area contributed by atoms with Crippen molar-refractivity contribution in [1.29, 1.82) is 0 Å². The van der Waals surface area contributed by atoms with Crippen molar-refractivity contribution in [1.82, 2.24) is 9.80 Å². The molecule has 1 fully saturated rings. The third kappa shape index (κ3) is 5.43. The Morgan fingerprint density at radius 1 is 1.22 bits per heavy atom. The van der Waals surface area contributed by atoms with Crippen LogP contribution in [0.1, 0.15) is 30.6 Å². The number of halogens is 1. The number of amides is 2. The second kappa shape index (κ2) is 8.58. The van der Waals surface area contributed by atoms with E-state index < -0.39 is 21.5 Å². The lowest BCUT2D eigenvalue weighted by Gasteiger charge is -2.42. The average Bonchev–Trinajstić information content (AvgIpc) is 2.56. The van der Waals surface area contributed by atoms with Crippen molar-refractivity contribution >= 4 is 34.1 Å². The molecular weight excluding hydrogens is 390 g/mol. The minimum atomic E-state index is -3.73. The summed E-state index contributed by atoms with van der Waals surface area (Å²) in [7, 11) is -0.719. The van der Waals surface area contributed by atoms with Crippen LogP contribution < -0.4 is 5.73 Å². The first-order valence-corrected chi connectivity index (χ1v) is 10.2. The molecule has 1 saturated heterocycles. The van der Waals surface area contributed by atoms with Gasteiger partial charge in [-0.2, -0.15) is 0 Å². The highest BCUT2D eigenvalue weighted by molar-refractivity contribution is 7.92. The highest BCUT2D eigenvalue weighted by Gasteiger charge is 2.35. The molecule has 1 atom stereocenters. The van der Waals surface area contributed by atoms with Gasteiger partial charge in [0.05, 0.1) is 4.90 Å². The van der Waals surface area contributed by atoms with Gasteiger partial charge in [0.25, 0.3) is 5.91 Å². The summed E-state index contributed by atoms with van der Waals surface area (Å²) < 4.78 is 24.6. The molecule has 1 heterocycles. The highest BCUT2D eigenvalue weighted by Crippen LogP contribution is 2.28. The normalized spacial score (nSPS) is 19.1. The van der Waals surface area contributed by atoms with E-state index in [1.54, 1.807) is 4.90 Å². The van der Waals surface area contributed by atoms with Crippen LogP contribution in [0.3, 0.4) is 0 Å². The molecule has 1 aromatic carbocycles. The first-order valence-electron chi connectivity index (χ1n) is 8.52. The fourth-order valence-corrected chi connectivity index (χ4v) is 4.21. The van der Waals surface area contributed by atoms with Crippen LogP contribution in [-0.4, -0.2) is 69.0 Å². The minimum absolute atomic E-state index is 0. The lowest BCUT2D eigenvalue weighted by atomic mass is 9.79. The van der Waals surface area contributed by atoms with E-state index >= 15 is 0 Å². The Labute approximate surface area is 167 Å². The maximum Gasteiger partial charge on any atom is 0.253 e. The van der Waals surface area contributed by atoms with Crippen molar-refractivity contribution in [2.45, 2.75) is 31.2 Å². The van der Waals surface area contributed by atoms with Crippen LogP contribution in [0.25, 0.3) is 0 Å². The number of nitrogens with two attached hydrogens (primary N) is 1. The Balaban J connectivity index is 0.00000364. The van der Waals surface area contributed by atoms with E-state index in [1.165, 1.54) is 43.3 Å². The molecule has 152 valence electrons. The van der Waals surface area contributed by atoms with Gasteiger partial charge in [0, 0.05) is 38.8 Å². The number of benzene rings is 1. The molecule has 2 amide bonds. The zero-order valence-corrected chi connectivity index (χ0v) is 17.8. The van der Waals surface area contributed by atoms with E-state index in [2.05, 4.69) is 0 Å². The fraction of sp³-hybridized carbons (Fsp3) is 0.556. The van der Waals surface area contributed by atoms with Crippen LogP contribution in [-0.2, 0) is 14.6 Å². The van der Waals surface area contributed by atoms with E-state index in [9.17, 15) is 18.0 Å². The zero-order valence-electron chi connectivity index (χ0n) is 16.1. The van der Waals surface area contributed by atoms with Crippen LogP contribution in [0.2, 0.25) is 0 Å². The SMILES string of the molecule is CN(C)C(=O)CS(=O)(=O)c1ccc(C(=O)N2CCC(N)C(C)(C)C2)cc1.Cl. The van der Waals surface area contributed by atoms with Crippen LogP contribution in [0, 0.1) is 5.41 Å². The number of hydrogen-bond donors (Lipinski definition) is 1. The van der Waals surface area contributed by atoms with Crippen molar-refractivity contribution in [2.75, 3.05) is 32.9 Å². The number of hydrogen-bond acceptors (Lipinski definition) is 5. The van der Waals surface area contributed by atoms with E-state index in [4.69, 9.17) is 5.73 Å². The van der Waals surface area contributed by atoms with E-state index in [0.29, 0.717) is 18.7 Å². The molecule has 1 unspecified atom stereocenters. The topological polar surface area (TPSA) is 101 Å². The van der Waals surface area contributed by atoms with Gasteiger partial charge >= 0.3 is 0 Å². The first kappa shape index (κ1) is 23.4. The van der Waals surface area contributed by atoms with Crippen molar-refractivity contribution in [3.63, 3.8) is 0 Å². The maximum absolute atomic E-state index is 12.7. The Bertz CT molecular complexity index is 791. The molecule has 2 rings (SSSR count). The molecule has 0 spiro atoms. The van der Waals surface area contributed by atoms with Crippen molar-refractivity contribution in [2.24, 2.45) is 11.1 Å². The Hall–Kier alpha value is -1.64. The molecule has 0 aliphatic carbocycles. The van der Waals surface area contributed by atoms with Gasteiger partial charge in [0.15, 0.2) is 9.84 Å². The molecule has 0 radical (unpaired) electrons. The van der Waals surface area contributed by atoms with Gasteiger partial charge in [-0.05, 0) is 36.1 Å². The molecule has 27 heavy (non-hydrogen) atoms. The fourth-order valence-electron chi connectivity index (χ4n) is 2.91. The number of nitrogens with zero attached hydrogens (tertiary/aromatic N) is 2. The Morgan fingerprint density at radius 2 is 1.78 bits per heavy atom. The lowest BCUT2D eigenvalue weighted by Crippen LogP contribution is -2.54. The van der Waals surface area contributed by atoms with E-state index in [1.807, 2.05) is 13.8 Å². The monoisotopic (exact) mass is 417 g/mol. The number of carbonyl (C=O) groups is 2. The molecule has 7 nitrogen and oxygen atoms in total. The number of carbonyl (C=O) groups excluding carboxylic acids is 2. The molecule has 0 aromatic heterocycles. The smallest absolute Gasteiger partial charge is 0.253 e. The molecule has 1 aromatic rings. The van der Waals surface area contributed by atoms with E-state index in [0.717, 1.165) is 6.42 Å². The summed E-state index contributed by atoms with van der Waals surface area (Å²) in [6.07, 6.45) is 0.734. The number of piperidine rings is 1. The number of rotatable bonds is 4. The van der Waals surface area contributed by atoms with Crippen molar-refractivity contribution in [3.05, 3.63) is 29.8 Å². The largest absolute Gasteiger partial charge is 0.348 e. The number of sulfone groups is 1. The molecule has 1 aliphatic rings. The summed E-state index contributed by atoms with van der Waals surface area (Å²) in [6.45, 7) is 5.22. The van der Waals surface area contributed by atoms with Crippen LogP contribution in [0.4, 0.5) is 0 Å². The quantitative estimate of drug-likeness (QED) is 0.792. The second-order valence-electron chi connectivity index (χ2n) is 7.68. The molecule has 2 N–H and O–H groups in total. The predicted molar refractivity (Wildman–Crippen MR) is 107 cm³/mol. The maximum atomic E-state index is 12.7. The summed E-state index contributed by atoms with van der Waals surface area (Å²) in [4.78, 5) is 27.4. The molecule has 0 saturated carbocycles. The third-order valence-electron chi connectivity index (χ3n) is 4.87. The summed E-state index contributed by atoms with van der Waals surface area (Å²) >= 11 is 0. The van der Waals surface area contributed by atoms with Gasteiger partial charge in [-0.25, -0.2) is 8.42 Å². The van der Waals surface area contributed by atoms with Gasteiger partial charge < -0.3 is 15.5 Å². The Morgan fingerprint density at radius 3 is 2.26 bits per heavy atom. The standard InChI is InChI=1S/C18H27N3O4S.ClH/c1-18(2)12-21(10-9-15(18)19)17(23)13-5-7-14(8-6-13)26(24,25)11-16(22)20(3)4;/h5-8,15H,9-12,19H2,1-4H3;1H. The minimum Gasteiger partial charge on any atom is -0.348 e. The Kier molecular flexibility index (Phi) is 7.44. The van der Waals surface area contributed by atoms with Gasteiger partial charge in [-0.3, -0.25) is 9.59 Å². The summed E-state index contributed by atoms with van der Waals surface area (Å²) in [6, 6.07) is 5.81. The molecule has 1 aliphatic heterocycles. The first-order chi connectivity index (χ1) is 11.9. The van der Waals surface area contributed by atoms with Crippen LogP contribution in [0.5, 0.6) is 0 Å². The average molecular weight is 418 g/mol. The molecule has 0 bridgehead atoms. The zero-order chi connectivity index (χ0) is 19.7. The van der Waals surface area contributed by atoms with Gasteiger partial charge in [-0.1, -0.05) is 13.8 Å². The van der Waals surface area contributed by atoms with E-state index in [-0.39, 0.29) is 34.7 Å². The van der Waals surface area contributed by atoms with Gasteiger partial charge in [-0.15, -0.1) is 12.4 Å². The summed E-state index contributed by atoms with van der Waals surface area (Å²) in [5.74, 6) is -1.22. The predicted octanol–water partition coefficient (Wildman–Crippen LogP) is 1.17. The summed E-state index contributed by atoms with van der Waals surface area (Å²) in [5, 5.41) is 0. The summed E-state index contributed by atoms with van der Waals surface area (Å²) in [5.41, 5.74) is 6.37.